The first-order chi connectivity index (χ1) is 14.0. The summed E-state index contributed by atoms with van der Waals surface area (Å²) in [5.41, 5.74) is 0.525. The zero-order chi connectivity index (χ0) is 20.7. The van der Waals surface area contributed by atoms with Gasteiger partial charge < -0.3 is 0 Å². The van der Waals surface area contributed by atoms with Gasteiger partial charge in [0.05, 0.1) is 0 Å². The molecule has 0 aromatic carbocycles. The minimum Gasteiger partial charge on any atom is -0.0651 e. The Bertz CT molecular complexity index is 435. The van der Waals surface area contributed by atoms with E-state index in [1.54, 1.807) is 51.4 Å². The van der Waals surface area contributed by atoms with Crippen molar-refractivity contribution >= 4 is 0 Å². The highest BCUT2D eigenvalue weighted by Crippen LogP contribution is 2.46. The second-order valence-electron chi connectivity index (χ2n) is 12.6. The van der Waals surface area contributed by atoms with E-state index in [9.17, 15) is 0 Å². The molecule has 0 aliphatic heterocycles. The standard InChI is InChI=1S/C29H54/c1-5-23-16-19-26(20-17-23)28-15-10-8-6-7-9-13-25(28)21-18-24-12-11-14-27(22-24)29(2,3)4/h23-28H,5-22H2,1-4H3. The molecular formula is C29H54. The van der Waals surface area contributed by atoms with Crippen molar-refractivity contribution in [3.05, 3.63) is 0 Å². The molecule has 0 nitrogen and oxygen atoms in total. The highest BCUT2D eigenvalue weighted by Gasteiger charge is 2.34. The van der Waals surface area contributed by atoms with E-state index < -0.39 is 0 Å². The molecule has 4 unspecified atom stereocenters. The molecule has 3 rings (SSSR count). The molecule has 0 amide bonds. The summed E-state index contributed by atoms with van der Waals surface area (Å²) >= 11 is 0. The first-order valence-electron chi connectivity index (χ1n) is 14.0. The maximum absolute atomic E-state index is 2.49. The van der Waals surface area contributed by atoms with E-state index in [0.717, 1.165) is 35.5 Å². The minimum atomic E-state index is 0.525. The largest absolute Gasteiger partial charge is 0.0651 e. The zero-order valence-corrected chi connectivity index (χ0v) is 20.7. The summed E-state index contributed by atoms with van der Waals surface area (Å²) in [5, 5.41) is 0. The summed E-state index contributed by atoms with van der Waals surface area (Å²) in [4.78, 5) is 0. The molecule has 0 bridgehead atoms. The second-order valence-corrected chi connectivity index (χ2v) is 12.6. The van der Waals surface area contributed by atoms with Crippen molar-refractivity contribution in [1.82, 2.24) is 0 Å². The summed E-state index contributed by atoms with van der Waals surface area (Å²) in [6, 6.07) is 0. The molecule has 0 radical (unpaired) electrons. The molecule has 0 aromatic heterocycles. The Balaban J connectivity index is 1.58. The number of hydrogen-bond acceptors (Lipinski definition) is 0. The molecule has 0 aromatic rings. The lowest BCUT2D eigenvalue weighted by Gasteiger charge is -2.40. The molecule has 0 spiro atoms. The second kappa shape index (κ2) is 11.6. The van der Waals surface area contributed by atoms with Gasteiger partial charge in [-0.15, -0.1) is 0 Å². The average Bonchev–Trinajstić information content (AvgIpc) is 2.84. The van der Waals surface area contributed by atoms with Gasteiger partial charge in [0, 0.05) is 0 Å². The molecular weight excluding hydrogens is 348 g/mol. The van der Waals surface area contributed by atoms with Crippen LogP contribution < -0.4 is 0 Å². The van der Waals surface area contributed by atoms with Gasteiger partial charge >= 0.3 is 0 Å². The highest BCUT2D eigenvalue weighted by molar-refractivity contribution is 4.85. The number of hydrogen-bond donors (Lipinski definition) is 0. The van der Waals surface area contributed by atoms with Crippen LogP contribution in [0.1, 0.15) is 143 Å². The summed E-state index contributed by atoms with van der Waals surface area (Å²) in [6.45, 7) is 9.88. The van der Waals surface area contributed by atoms with Crippen LogP contribution in [0.5, 0.6) is 0 Å². The normalized spacial score (nSPS) is 38.1. The van der Waals surface area contributed by atoms with Crippen molar-refractivity contribution in [3.63, 3.8) is 0 Å². The highest BCUT2D eigenvalue weighted by atomic mass is 14.4. The Hall–Kier alpha value is 0. The molecule has 0 heteroatoms. The van der Waals surface area contributed by atoms with Crippen LogP contribution in [-0.2, 0) is 0 Å². The third kappa shape index (κ3) is 7.28. The molecule has 170 valence electrons. The van der Waals surface area contributed by atoms with Gasteiger partial charge in [0.2, 0.25) is 0 Å². The molecule has 29 heavy (non-hydrogen) atoms. The van der Waals surface area contributed by atoms with Gasteiger partial charge in [-0.2, -0.15) is 0 Å². The maximum atomic E-state index is 2.49. The van der Waals surface area contributed by atoms with E-state index >= 15 is 0 Å². The molecule has 4 atom stereocenters. The van der Waals surface area contributed by atoms with Crippen LogP contribution in [0, 0.1) is 40.9 Å². The summed E-state index contributed by atoms with van der Waals surface area (Å²) in [6.07, 6.45) is 27.6. The van der Waals surface area contributed by atoms with Gasteiger partial charge in [-0.25, -0.2) is 0 Å². The Kier molecular flexibility index (Phi) is 9.44. The summed E-state index contributed by atoms with van der Waals surface area (Å²) in [5.74, 6) is 6.28. The average molecular weight is 403 g/mol. The topological polar surface area (TPSA) is 0 Å². The fraction of sp³-hybridized carbons (Fsp3) is 1.00. The lowest BCUT2D eigenvalue weighted by molar-refractivity contribution is 0.107. The van der Waals surface area contributed by atoms with Crippen molar-refractivity contribution < 1.29 is 0 Å². The summed E-state index contributed by atoms with van der Waals surface area (Å²) in [7, 11) is 0. The Morgan fingerprint density at radius 1 is 0.621 bits per heavy atom. The van der Waals surface area contributed by atoms with Crippen LogP contribution in [0.25, 0.3) is 0 Å². The first kappa shape index (κ1) is 23.7. The van der Waals surface area contributed by atoms with E-state index in [4.69, 9.17) is 0 Å². The Morgan fingerprint density at radius 2 is 1.31 bits per heavy atom. The molecule has 3 saturated carbocycles. The lowest BCUT2D eigenvalue weighted by atomic mass is 9.65. The van der Waals surface area contributed by atoms with Crippen LogP contribution in [-0.4, -0.2) is 0 Å². The van der Waals surface area contributed by atoms with Crippen LogP contribution in [0.3, 0.4) is 0 Å². The van der Waals surface area contributed by atoms with Gasteiger partial charge in [0.1, 0.15) is 0 Å². The van der Waals surface area contributed by atoms with Crippen molar-refractivity contribution in [2.45, 2.75) is 143 Å². The number of rotatable bonds is 5. The van der Waals surface area contributed by atoms with Gasteiger partial charge in [-0.1, -0.05) is 105 Å². The van der Waals surface area contributed by atoms with Gasteiger partial charge in [0.15, 0.2) is 0 Å². The third-order valence-electron chi connectivity index (χ3n) is 9.75. The monoisotopic (exact) mass is 402 g/mol. The van der Waals surface area contributed by atoms with Crippen molar-refractivity contribution in [2.24, 2.45) is 40.9 Å². The molecule has 3 aliphatic carbocycles. The Morgan fingerprint density at radius 3 is 2.00 bits per heavy atom. The molecule has 0 N–H and O–H groups in total. The third-order valence-corrected chi connectivity index (χ3v) is 9.75. The quantitative estimate of drug-likeness (QED) is 0.429. The fourth-order valence-corrected chi connectivity index (χ4v) is 7.56. The van der Waals surface area contributed by atoms with Crippen LogP contribution in [0.4, 0.5) is 0 Å². The summed E-state index contributed by atoms with van der Waals surface area (Å²) < 4.78 is 0. The molecule has 3 aliphatic rings. The Labute approximate surface area is 184 Å². The minimum absolute atomic E-state index is 0.525. The van der Waals surface area contributed by atoms with Crippen molar-refractivity contribution in [2.75, 3.05) is 0 Å². The SMILES string of the molecule is CCC1CCC(C2CCCCCCCC2CCC2CCCC(C(C)(C)C)C2)CC1. The van der Waals surface area contributed by atoms with E-state index in [-0.39, 0.29) is 0 Å². The predicted molar refractivity (Wildman–Crippen MR) is 129 cm³/mol. The molecule has 3 fully saturated rings. The lowest BCUT2D eigenvalue weighted by Crippen LogP contribution is -2.29. The maximum Gasteiger partial charge on any atom is -0.0354 e. The molecule has 0 saturated heterocycles. The smallest absolute Gasteiger partial charge is 0.0354 e. The van der Waals surface area contributed by atoms with Crippen LogP contribution in [0.15, 0.2) is 0 Å². The van der Waals surface area contributed by atoms with E-state index in [2.05, 4.69) is 27.7 Å². The van der Waals surface area contributed by atoms with Crippen molar-refractivity contribution in [1.29, 1.82) is 0 Å². The van der Waals surface area contributed by atoms with Gasteiger partial charge in [0.25, 0.3) is 0 Å². The zero-order valence-electron chi connectivity index (χ0n) is 20.7. The van der Waals surface area contributed by atoms with Crippen LogP contribution in [0.2, 0.25) is 0 Å². The van der Waals surface area contributed by atoms with E-state index in [1.807, 2.05) is 0 Å². The first-order valence-corrected chi connectivity index (χ1v) is 14.0. The molecule has 0 heterocycles. The van der Waals surface area contributed by atoms with Crippen molar-refractivity contribution in [3.8, 4) is 0 Å². The van der Waals surface area contributed by atoms with Crippen LogP contribution >= 0.6 is 0 Å². The van der Waals surface area contributed by atoms with E-state index in [0.29, 0.717) is 5.41 Å². The van der Waals surface area contributed by atoms with Gasteiger partial charge in [-0.3, -0.25) is 0 Å². The fourth-order valence-electron chi connectivity index (χ4n) is 7.56. The predicted octanol–water partition coefficient (Wildman–Crippen LogP) is 9.81. The van der Waals surface area contributed by atoms with E-state index in [1.165, 1.54) is 64.2 Å². The van der Waals surface area contributed by atoms with Gasteiger partial charge in [-0.05, 0) is 79.4 Å².